The number of ether oxygens (including phenoxy) is 3. The highest BCUT2D eigenvalue weighted by atomic mass is 31.2. The Kier molecular flexibility index (Phi) is 7.84. The fourth-order valence-corrected chi connectivity index (χ4v) is 7.90. The van der Waals surface area contributed by atoms with Gasteiger partial charge in [-0.25, -0.2) is 19.1 Å². The molecule has 0 amide bonds. The second-order valence-corrected chi connectivity index (χ2v) is 13.7. The molecule has 3 aliphatic rings. The highest BCUT2D eigenvalue weighted by molar-refractivity contribution is 7.47. The molecule has 47 heavy (non-hydrogen) atoms. The van der Waals surface area contributed by atoms with Crippen molar-refractivity contribution in [2.24, 2.45) is 5.92 Å². The molecule has 4 aromatic heterocycles. The van der Waals surface area contributed by atoms with E-state index in [9.17, 15) is 28.5 Å². The Hall–Kier alpha value is -3.60. The second-order valence-electron chi connectivity index (χ2n) is 10.9. The number of fused-ring (bicyclic) bond motifs is 4. The highest BCUT2D eigenvalue weighted by Gasteiger charge is 2.54. The van der Waals surface area contributed by atoms with Gasteiger partial charge in [-0.05, 0) is 0 Å². The Balaban J connectivity index is 1.19. The Labute approximate surface area is 261 Å². The van der Waals surface area contributed by atoms with E-state index in [1.165, 1.54) is 28.9 Å². The summed E-state index contributed by atoms with van der Waals surface area (Å²) in [7, 11) is -8.60. The number of nitrogens with zero attached hydrogens (tertiary/aromatic N) is 6. The quantitative estimate of drug-likeness (QED) is 0.138. The molecule has 3 fully saturated rings. The third-order valence-electron chi connectivity index (χ3n) is 7.97. The van der Waals surface area contributed by atoms with E-state index in [1.54, 1.807) is 6.92 Å². The van der Waals surface area contributed by atoms with Crippen molar-refractivity contribution in [2.75, 3.05) is 31.8 Å². The number of methoxy groups -OCH3 is 1. The number of nitrogens with one attached hydrogen (secondary N) is 2. The Bertz CT molecular complexity index is 2070. The monoisotopic (exact) mass is 702 g/mol. The van der Waals surface area contributed by atoms with Crippen LogP contribution in [0.4, 0.5) is 11.9 Å². The largest absolute Gasteiger partial charge is 0.472 e. The first-order chi connectivity index (χ1) is 22.2. The maximum atomic E-state index is 13.3. The zero-order valence-corrected chi connectivity index (χ0v) is 26.1. The number of rotatable bonds is 3. The van der Waals surface area contributed by atoms with Crippen LogP contribution in [0.25, 0.3) is 22.3 Å². The van der Waals surface area contributed by atoms with Crippen LogP contribution in [-0.2, 0) is 41.4 Å². The van der Waals surface area contributed by atoms with Gasteiger partial charge in [-0.3, -0.25) is 46.8 Å². The van der Waals surface area contributed by atoms with Crippen molar-refractivity contribution >= 4 is 49.9 Å². The van der Waals surface area contributed by atoms with Crippen LogP contribution in [0.1, 0.15) is 19.4 Å². The van der Waals surface area contributed by atoms with Crippen molar-refractivity contribution in [1.29, 1.82) is 0 Å². The minimum absolute atomic E-state index is 0.00203. The molecule has 7 rings (SSSR count). The summed E-state index contributed by atoms with van der Waals surface area (Å²) < 4.78 is 68.6. The van der Waals surface area contributed by atoms with Gasteiger partial charge in [0.05, 0.1) is 25.9 Å². The normalized spacial score (nSPS) is 36.6. The molecule has 254 valence electrons. The van der Waals surface area contributed by atoms with Crippen LogP contribution in [0.15, 0.2) is 22.2 Å². The zero-order chi connectivity index (χ0) is 33.4. The number of aromatic nitrogens is 8. The molecule has 0 spiro atoms. The summed E-state index contributed by atoms with van der Waals surface area (Å²) in [6.07, 6.45) is -6.23. The van der Waals surface area contributed by atoms with E-state index in [1.807, 2.05) is 0 Å². The van der Waals surface area contributed by atoms with Crippen molar-refractivity contribution in [3.63, 3.8) is 0 Å². The van der Waals surface area contributed by atoms with Gasteiger partial charge in [0.2, 0.25) is 11.9 Å². The molecule has 3 saturated heterocycles. The van der Waals surface area contributed by atoms with Crippen LogP contribution < -0.4 is 22.6 Å². The maximum absolute atomic E-state index is 13.3. The number of nitrogen functional groups attached to an aromatic ring is 2. The van der Waals surface area contributed by atoms with Crippen LogP contribution in [0.3, 0.4) is 0 Å². The lowest BCUT2D eigenvalue weighted by Gasteiger charge is -2.28. The molecule has 0 aromatic carbocycles. The molecule has 0 aliphatic carbocycles. The number of anilines is 2. The molecule has 23 nitrogen and oxygen atoms in total. The number of nitrogens with two attached hydrogens (primary N) is 2. The van der Waals surface area contributed by atoms with Gasteiger partial charge in [0.1, 0.15) is 36.7 Å². The molecular formula is C22H28N10O13P2. The van der Waals surface area contributed by atoms with E-state index in [4.69, 9.17) is 43.8 Å². The van der Waals surface area contributed by atoms with E-state index >= 15 is 0 Å². The number of hydrogen-bond acceptors (Lipinski definition) is 17. The molecular weight excluding hydrogens is 674 g/mol. The number of aromatic amines is 2. The third-order valence-corrected chi connectivity index (χ3v) is 9.94. The lowest BCUT2D eigenvalue weighted by molar-refractivity contribution is -0.0665. The van der Waals surface area contributed by atoms with Gasteiger partial charge < -0.3 is 35.5 Å². The van der Waals surface area contributed by atoms with Crippen LogP contribution in [0, 0.1) is 5.92 Å². The van der Waals surface area contributed by atoms with Crippen molar-refractivity contribution in [1.82, 2.24) is 39.0 Å². The first kappa shape index (κ1) is 32.0. The third kappa shape index (κ3) is 5.68. The van der Waals surface area contributed by atoms with Crippen molar-refractivity contribution in [2.45, 2.75) is 49.9 Å². The summed E-state index contributed by atoms with van der Waals surface area (Å²) >= 11 is 0. The molecule has 25 heteroatoms. The molecule has 2 unspecified atom stereocenters. The molecule has 3 aliphatic heterocycles. The van der Waals surface area contributed by atoms with Crippen molar-refractivity contribution in [3.05, 3.63) is 33.4 Å². The van der Waals surface area contributed by atoms with E-state index in [2.05, 4.69) is 29.9 Å². The smallest absolute Gasteiger partial charge is 0.374 e. The van der Waals surface area contributed by atoms with Gasteiger partial charge >= 0.3 is 15.6 Å². The Morgan fingerprint density at radius 3 is 1.85 bits per heavy atom. The lowest BCUT2D eigenvalue weighted by atomic mass is 10.0. The summed E-state index contributed by atoms with van der Waals surface area (Å²) in [5.74, 6) is -1.18. The Morgan fingerprint density at radius 2 is 1.32 bits per heavy atom. The van der Waals surface area contributed by atoms with Gasteiger partial charge in [-0.2, -0.15) is 9.97 Å². The topological polar surface area (TPSA) is 318 Å². The first-order valence-corrected chi connectivity index (χ1v) is 16.8. The van der Waals surface area contributed by atoms with E-state index in [-0.39, 0.29) is 34.2 Å². The predicted octanol–water partition coefficient (Wildman–Crippen LogP) is -1.12. The van der Waals surface area contributed by atoms with Crippen molar-refractivity contribution < 1.29 is 51.2 Å². The maximum Gasteiger partial charge on any atom is 0.472 e. The lowest BCUT2D eigenvalue weighted by Crippen LogP contribution is -2.38. The summed E-state index contributed by atoms with van der Waals surface area (Å²) in [6, 6.07) is 0. The van der Waals surface area contributed by atoms with Crippen LogP contribution in [0.5, 0.6) is 0 Å². The molecule has 10 atom stereocenters. The number of phosphoric ester groups is 2. The van der Waals surface area contributed by atoms with E-state index in [0.717, 1.165) is 0 Å². The first-order valence-electron chi connectivity index (χ1n) is 13.8. The minimum atomic E-state index is -4.95. The fourth-order valence-electron chi connectivity index (χ4n) is 5.90. The van der Waals surface area contributed by atoms with Gasteiger partial charge in [0, 0.05) is 13.0 Å². The van der Waals surface area contributed by atoms with Crippen LogP contribution in [-0.4, -0.2) is 99.7 Å². The van der Waals surface area contributed by atoms with Crippen molar-refractivity contribution in [3.8, 4) is 0 Å². The average Bonchev–Trinajstić information content (AvgIpc) is 3.75. The predicted molar refractivity (Wildman–Crippen MR) is 154 cm³/mol. The molecule has 0 radical (unpaired) electrons. The molecule has 8 N–H and O–H groups in total. The Morgan fingerprint density at radius 1 is 0.851 bits per heavy atom. The number of phosphoric acid groups is 2. The van der Waals surface area contributed by atoms with Gasteiger partial charge in [-0.15, -0.1) is 0 Å². The summed E-state index contributed by atoms with van der Waals surface area (Å²) in [5, 5.41) is 0. The highest BCUT2D eigenvalue weighted by Crippen LogP contribution is 2.54. The van der Waals surface area contributed by atoms with Gasteiger partial charge in [0.25, 0.3) is 11.1 Å². The standard InChI is InChI=1S/C22H28N10O13P2/c1-7-12-8(42-19(7)31-5-25-10-15(31)27-21(23)29-17(10)33)3-40-47(37,38)45-13-9(4-41-46(35,36)44-12)43-20(14(13)39-2)32-6-26-11-16(32)28-22(24)30-18(11)34/h5-9,12-14,19-20H,3-4H2,1-2H3,(H,35,36)(H,37,38)(H3,23,27,29,33)(H3,24,28,30,34)/t7-,8-,9-,12+,13-,14-,19-,20-/m1/s1. The number of hydrogen-bond donors (Lipinski definition) is 6. The molecule has 4 aromatic rings. The van der Waals surface area contributed by atoms with Crippen LogP contribution >= 0.6 is 15.6 Å². The minimum Gasteiger partial charge on any atom is -0.374 e. The summed E-state index contributed by atoms with van der Waals surface area (Å²) in [6.45, 7) is 0.231. The van der Waals surface area contributed by atoms with Gasteiger partial charge in [0.15, 0.2) is 28.6 Å². The molecule has 0 saturated carbocycles. The summed E-state index contributed by atoms with van der Waals surface area (Å²) in [5.41, 5.74) is 10.1. The molecule has 7 heterocycles. The SMILES string of the molecule is CO[C@@H]1[C@@H]2OP(=O)(O)OC[C@H]3O[C@@H](n4cnc5c(=O)[nH]c(N)nc54)[C@H](C)[C@@H]3OP(=O)(O)OC[C@H]2O[C@H]1n1cnc2c(=O)[nH]c(N)nc21. The summed E-state index contributed by atoms with van der Waals surface area (Å²) in [4.78, 5) is 67.2. The van der Waals surface area contributed by atoms with Crippen LogP contribution in [0.2, 0.25) is 0 Å². The number of imidazole rings is 2. The zero-order valence-electron chi connectivity index (χ0n) is 24.3. The second kappa shape index (κ2) is 11.5. The van der Waals surface area contributed by atoms with Gasteiger partial charge in [-0.1, -0.05) is 6.92 Å². The fraction of sp³-hybridized carbons (Fsp3) is 0.545. The average molecular weight is 702 g/mol. The number of H-pyrrole nitrogens is 2. The molecule has 0 bridgehead atoms. The van der Waals surface area contributed by atoms with E-state index in [0.29, 0.717) is 0 Å². The van der Waals surface area contributed by atoms with E-state index < -0.39 is 88.9 Å².